The van der Waals surface area contributed by atoms with E-state index in [-0.39, 0.29) is 12.5 Å². The van der Waals surface area contributed by atoms with E-state index >= 15 is 0 Å². The Bertz CT molecular complexity index is 894. The largest absolute Gasteiger partial charge is 0.494 e. The fourth-order valence-electron chi connectivity index (χ4n) is 2.97. The van der Waals surface area contributed by atoms with Crippen molar-refractivity contribution in [2.45, 2.75) is 19.8 Å². The molecular formula is C25H28N2O3. The lowest BCUT2D eigenvalue weighted by molar-refractivity contribution is -0.114. The zero-order valence-corrected chi connectivity index (χ0v) is 17.3. The quantitative estimate of drug-likeness (QED) is 0.434. The average Bonchev–Trinajstić information content (AvgIpc) is 2.78. The van der Waals surface area contributed by atoms with Crippen LogP contribution in [0.15, 0.2) is 78.9 Å². The predicted molar refractivity (Wildman–Crippen MR) is 121 cm³/mol. The summed E-state index contributed by atoms with van der Waals surface area (Å²) in [7, 11) is 0. The minimum Gasteiger partial charge on any atom is -0.494 e. The molecule has 3 aromatic rings. The Hall–Kier alpha value is -3.47. The second kappa shape index (κ2) is 11.5. The van der Waals surface area contributed by atoms with Crippen LogP contribution in [0, 0.1) is 0 Å². The van der Waals surface area contributed by atoms with Crippen molar-refractivity contribution in [2.75, 3.05) is 30.4 Å². The molecule has 0 aromatic heterocycles. The van der Waals surface area contributed by atoms with Crippen molar-refractivity contribution in [1.29, 1.82) is 0 Å². The molecule has 3 rings (SSSR count). The SMILES string of the molecule is CCOc1ccc(NC(=O)CNc2ccc(OCCCc3ccccc3)cc2)cc1. The summed E-state index contributed by atoms with van der Waals surface area (Å²) < 4.78 is 11.2. The van der Waals surface area contributed by atoms with Crippen LogP contribution >= 0.6 is 0 Å². The highest BCUT2D eigenvalue weighted by Crippen LogP contribution is 2.17. The molecule has 0 fully saturated rings. The first-order valence-corrected chi connectivity index (χ1v) is 10.3. The van der Waals surface area contributed by atoms with Crippen LogP contribution in [0.25, 0.3) is 0 Å². The molecular weight excluding hydrogens is 376 g/mol. The van der Waals surface area contributed by atoms with E-state index in [1.54, 1.807) is 0 Å². The third-order valence-electron chi connectivity index (χ3n) is 4.48. The number of rotatable bonds is 11. The van der Waals surface area contributed by atoms with E-state index in [0.29, 0.717) is 13.2 Å². The predicted octanol–water partition coefficient (Wildman–Crippen LogP) is 5.15. The summed E-state index contributed by atoms with van der Waals surface area (Å²) in [6, 6.07) is 25.4. The molecule has 0 aliphatic carbocycles. The van der Waals surface area contributed by atoms with E-state index in [2.05, 4.69) is 34.9 Å². The minimum atomic E-state index is -0.111. The highest BCUT2D eigenvalue weighted by Gasteiger charge is 2.03. The summed E-state index contributed by atoms with van der Waals surface area (Å²) in [6.45, 7) is 3.41. The Balaban J connectivity index is 1.36. The topological polar surface area (TPSA) is 59.6 Å². The lowest BCUT2D eigenvalue weighted by Crippen LogP contribution is -2.21. The minimum absolute atomic E-state index is 0.111. The van der Waals surface area contributed by atoms with E-state index in [4.69, 9.17) is 9.47 Å². The van der Waals surface area contributed by atoms with E-state index in [0.717, 1.165) is 35.7 Å². The average molecular weight is 405 g/mol. The molecule has 2 N–H and O–H groups in total. The van der Waals surface area contributed by atoms with Gasteiger partial charge in [0.1, 0.15) is 11.5 Å². The fourth-order valence-corrected chi connectivity index (χ4v) is 2.97. The molecule has 0 aliphatic heterocycles. The molecule has 3 aromatic carbocycles. The van der Waals surface area contributed by atoms with Gasteiger partial charge in [0.25, 0.3) is 0 Å². The number of ether oxygens (including phenoxy) is 2. The maximum atomic E-state index is 12.1. The Kier molecular flexibility index (Phi) is 8.15. The molecule has 0 radical (unpaired) electrons. The van der Waals surface area contributed by atoms with Crippen molar-refractivity contribution < 1.29 is 14.3 Å². The smallest absolute Gasteiger partial charge is 0.243 e. The summed E-state index contributed by atoms with van der Waals surface area (Å²) >= 11 is 0. The highest BCUT2D eigenvalue weighted by atomic mass is 16.5. The molecule has 0 saturated heterocycles. The van der Waals surface area contributed by atoms with Crippen LogP contribution in [-0.2, 0) is 11.2 Å². The van der Waals surface area contributed by atoms with Crippen molar-refractivity contribution in [3.8, 4) is 11.5 Å². The summed E-state index contributed by atoms with van der Waals surface area (Å²) in [4.78, 5) is 12.1. The van der Waals surface area contributed by atoms with Gasteiger partial charge in [0.15, 0.2) is 0 Å². The number of hydrogen-bond donors (Lipinski definition) is 2. The molecule has 156 valence electrons. The number of hydrogen-bond acceptors (Lipinski definition) is 4. The van der Waals surface area contributed by atoms with Gasteiger partial charge >= 0.3 is 0 Å². The van der Waals surface area contributed by atoms with Crippen LogP contribution < -0.4 is 20.1 Å². The number of aryl methyl sites for hydroxylation is 1. The van der Waals surface area contributed by atoms with E-state index in [9.17, 15) is 4.79 Å². The third-order valence-corrected chi connectivity index (χ3v) is 4.48. The Labute approximate surface area is 178 Å². The standard InChI is InChI=1S/C25H28N2O3/c1-2-29-23-16-12-22(13-17-23)27-25(28)19-26-21-10-14-24(15-11-21)30-18-6-9-20-7-4-3-5-8-20/h3-5,7-8,10-17,26H,2,6,9,18-19H2,1H3,(H,27,28). The van der Waals surface area contributed by atoms with Crippen LogP contribution in [0.2, 0.25) is 0 Å². The van der Waals surface area contributed by atoms with E-state index in [1.807, 2.05) is 61.5 Å². The zero-order valence-electron chi connectivity index (χ0n) is 17.3. The molecule has 0 bridgehead atoms. The summed E-state index contributed by atoms with van der Waals surface area (Å²) in [5.41, 5.74) is 2.93. The maximum Gasteiger partial charge on any atom is 0.243 e. The Morgan fingerprint density at radius 3 is 2.10 bits per heavy atom. The van der Waals surface area contributed by atoms with Gasteiger partial charge in [0.2, 0.25) is 5.91 Å². The van der Waals surface area contributed by atoms with E-state index in [1.165, 1.54) is 5.56 Å². The summed E-state index contributed by atoms with van der Waals surface area (Å²) in [6.07, 6.45) is 1.97. The second-order valence-electron chi connectivity index (χ2n) is 6.82. The van der Waals surface area contributed by atoms with Gasteiger partial charge in [0, 0.05) is 11.4 Å². The lowest BCUT2D eigenvalue weighted by atomic mass is 10.1. The van der Waals surface area contributed by atoms with Gasteiger partial charge in [-0.15, -0.1) is 0 Å². The van der Waals surface area contributed by atoms with Gasteiger partial charge in [-0.25, -0.2) is 0 Å². The zero-order chi connectivity index (χ0) is 21.0. The number of benzene rings is 3. The van der Waals surface area contributed by atoms with Gasteiger partial charge in [-0.3, -0.25) is 4.79 Å². The van der Waals surface area contributed by atoms with Crippen LogP contribution in [-0.4, -0.2) is 25.7 Å². The van der Waals surface area contributed by atoms with Gasteiger partial charge in [0.05, 0.1) is 19.8 Å². The highest BCUT2D eigenvalue weighted by molar-refractivity contribution is 5.93. The molecule has 1 amide bonds. The van der Waals surface area contributed by atoms with Crippen molar-refractivity contribution >= 4 is 17.3 Å². The van der Waals surface area contributed by atoms with Crippen molar-refractivity contribution in [1.82, 2.24) is 0 Å². The number of carbonyl (C=O) groups excluding carboxylic acids is 1. The molecule has 0 spiro atoms. The van der Waals surface area contributed by atoms with E-state index < -0.39 is 0 Å². The molecule has 5 heteroatoms. The van der Waals surface area contributed by atoms with Crippen molar-refractivity contribution in [3.63, 3.8) is 0 Å². The van der Waals surface area contributed by atoms with Crippen molar-refractivity contribution in [3.05, 3.63) is 84.4 Å². The third kappa shape index (κ3) is 7.17. The summed E-state index contributed by atoms with van der Waals surface area (Å²) in [5.74, 6) is 1.50. The van der Waals surface area contributed by atoms with Crippen LogP contribution in [0.1, 0.15) is 18.9 Å². The lowest BCUT2D eigenvalue weighted by Gasteiger charge is -2.10. The molecule has 30 heavy (non-hydrogen) atoms. The monoisotopic (exact) mass is 404 g/mol. The first kappa shape index (κ1) is 21.2. The van der Waals surface area contributed by atoms with Gasteiger partial charge in [-0.05, 0) is 73.9 Å². The summed E-state index contributed by atoms with van der Waals surface area (Å²) in [5, 5.41) is 5.98. The Morgan fingerprint density at radius 2 is 1.43 bits per heavy atom. The molecule has 0 saturated carbocycles. The molecule has 0 atom stereocenters. The number of nitrogens with one attached hydrogen (secondary N) is 2. The van der Waals surface area contributed by atoms with Crippen LogP contribution in [0.4, 0.5) is 11.4 Å². The fraction of sp³-hybridized carbons (Fsp3) is 0.240. The molecule has 0 aliphatic rings. The van der Waals surface area contributed by atoms with Crippen molar-refractivity contribution in [2.24, 2.45) is 0 Å². The van der Waals surface area contributed by atoms with Crippen LogP contribution in [0.3, 0.4) is 0 Å². The number of amides is 1. The maximum absolute atomic E-state index is 12.1. The van der Waals surface area contributed by atoms with Gasteiger partial charge in [-0.2, -0.15) is 0 Å². The first-order valence-electron chi connectivity index (χ1n) is 10.3. The first-order chi connectivity index (χ1) is 14.7. The second-order valence-corrected chi connectivity index (χ2v) is 6.82. The molecule has 0 unspecified atom stereocenters. The molecule has 5 nitrogen and oxygen atoms in total. The molecule has 0 heterocycles. The van der Waals surface area contributed by atoms with Gasteiger partial charge in [-0.1, -0.05) is 30.3 Å². The normalized spacial score (nSPS) is 10.3. The van der Waals surface area contributed by atoms with Crippen LogP contribution in [0.5, 0.6) is 11.5 Å². The Morgan fingerprint density at radius 1 is 0.800 bits per heavy atom. The number of anilines is 2. The number of carbonyl (C=O) groups is 1. The van der Waals surface area contributed by atoms with Gasteiger partial charge < -0.3 is 20.1 Å².